The van der Waals surface area contributed by atoms with E-state index in [0.29, 0.717) is 30.0 Å². The fraction of sp³-hybridized carbons (Fsp3) is 0.647. The van der Waals surface area contributed by atoms with Crippen molar-refractivity contribution in [2.75, 3.05) is 7.11 Å². The van der Waals surface area contributed by atoms with Crippen LogP contribution in [-0.4, -0.2) is 29.5 Å². The van der Waals surface area contributed by atoms with Gasteiger partial charge in [-0.1, -0.05) is 66.7 Å². The first-order valence-corrected chi connectivity index (χ1v) is 14.7. The SMILES string of the molecule is COc1ccc2c(c1)CCC1C2CC[C@@]2(C)C1C[C@H](NCc1cc(C(C)(C)C)cc(C(C)(C)C)c1O)[C@H]2O. The molecule has 0 radical (unpaired) electrons. The second-order valence-electron chi connectivity index (χ2n) is 14.7. The lowest BCUT2D eigenvalue weighted by Crippen LogP contribution is -2.46. The van der Waals surface area contributed by atoms with Gasteiger partial charge in [-0.15, -0.1) is 0 Å². The van der Waals surface area contributed by atoms with Crippen LogP contribution in [0.25, 0.3) is 0 Å². The topological polar surface area (TPSA) is 61.7 Å². The lowest BCUT2D eigenvalue weighted by molar-refractivity contribution is -0.0281. The number of ether oxygens (including phenoxy) is 1. The van der Waals surface area contributed by atoms with Crippen molar-refractivity contribution >= 4 is 0 Å². The number of hydrogen-bond donors (Lipinski definition) is 3. The summed E-state index contributed by atoms with van der Waals surface area (Å²) in [6.07, 6.45) is 5.11. The molecule has 3 aliphatic carbocycles. The molecule has 208 valence electrons. The van der Waals surface area contributed by atoms with Crippen molar-refractivity contribution in [3.8, 4) is 11.5 Å². The second-order valence-corrected chi connectivity index (χ2v) is 14.7. The van der Waals surface area contributed by atoms with Crippen molar-refractivity contribution in [1.29, 1.82) is 0 Å². The third-order valence-electron chi connectivity index (χ3n) is 10.4. The van der Waals surface area contributed by atoms with Gasteiger partial charge in [0.1, 0.15) is 11.5 Å². The van der Waals surface area contributed by atoms with Crippen molar-refractivity contribution in [1.82, 2.24) is 5.32 Å². The summed E-state index contributed by atoms with van der Waals surface area (Å²) in [6.45, 7) is 16.1. The number of nitrogens with one attached hydrogen (secondary N) is 1. The Hall–Kier alpha value is -2.04. The Kier molecular flexibility index (Phi) is 6.92. The Bertz CT molecular complexity index is 1190. The van der Waals surface area contributed by atoms with E-state index in [1.165, 1.54) is 23.1 Å². The Morgan fingerprint density at radius 3 is 2.42 bits per heavy atom. The molecule has 3 aliphatic rings. The lowest BCUT2D eigenvalue weighted by atomic mass is 9.55. The lowest BCUT2D eigenvalue weighted by Gasteiger charge is -2.50. The normalized spacial score (nSPS) is 30.9. The summed E-state index contributed by atoms with van der Waals surface area (Å²) in [5, 5.41) is 26.7. The maximum atomic E-state index is 11.7. The fourth-order valence-corrected chi connectivity index (χ4v) is 7.98. The molecular weight excluding hydrogens is 470 g/mol. The molecule has 4 heteroatoms. The summed E-state index contributed by atoms with van der Waals surface area (Å²) in [5.41, 5.74) is 5.92. The highest BCUT2D eigenvalue weighted by atomic mass is 16.5. The standard InChI is InChI=1S/C34H49NO3/c1-32(2,3)22-15-21(30(36)28(17-22)33(4,5)6)19-35-29-18-27-26-11-9-20-16-23(38-8)10-12-24(20)25(26)13-14-34(27,7)31(29)37/h10,12,15-17,25-27,29,31,35-37H,9,11,13-14,18-19H2,1-8H3/t25?,26?,27?,29-,31+,34-/m0/s1. The van der Waals surface area contributed by atoms with Crippen LogP contribution in [0.3, 0.4) is 0 Å². The molecule has 0 aliphatic heterocycles. The summed E-state index contributed by atoms with van der Waals surface area (Å²) in [6, 6.07) is 11.0. The monoisotopic (exact) mass is 519 g/mol. The average Bonchev–Trinajstić information content (AvgIpc) is 3.11. The van der Waals surface area contributed by atoms with Gasteiger partial charge in [0.2, 0.25) is 0 Å². The maximum absolute atomic E-state index is 11.7. The first-order chi connectivity index (χ1) is 17.7. The van der Waals surface area contributed by atoms with E-state index in [1.54, 1.807) is 7.11 Å². The second kappa shape index (κ2) is 9.55. The van der Waals surface area contributed by atoms with Crippen LogP contribution >= 0.6 is 0 Å². The minimum Gasteiger partial charge on any atom is -0.507 e. The van der Waals surface area contributed by atoms with Crippen LogP contribution in [0.5, 0.6) is 11.5 Å². The number of benzene rings is 2. The molecule has 5 rings (SSSR count). The molecular formula is C34H49NO3. The fourth-order valence-electron chi connectivity index (χ4n) is 7.98. The predicted molar refractivity (Wildman–Crippen MR) is 155 cm³/mol. The molecule has 0 saturated heterocycles. The van der Waals surface area contributed by atoms with Crippen molar-refractivity contribution in [3.05, 3.63) is 58.1 Å². The minimum atomic E-state index is -0.374. The Balaban J connectivity index is 1.37. The number of phenolic OH excluding ortho intramolecular Hbond substituents is 1. The van der Waals surface area contributed by atoms with Crippen LogP contribution in [0.1, 0.15) is 108 Å². The largest absolute Gasteiger partial charge is 0.507 e. The molecule has 2 aromatic carbocycles. The number of methoxy groups -OCH3 is 1. The van der Waals surface area contributed by atoms with Gasteiger partial charge in [-0.2, -0.15) is 0 Å². The average molecular weight is 520 g/mol. The molecule has 3 unspecified atom stereocenters. The van der Waals surface area contributed by atoms with Crippen molar-refractivity contribution in [2.45, 2.75) is 116 Å². The molecule has 38 heavy (non-hydrogen) atoms. The zero-order chi connectivity index (χ0) is 27.6. The molecule has 0 heterocycles. The quantitative estimate of drug-likeness (QED) is 0.408. The number of phenols is 1. The van der Waals surface area contributed by atoms with E-state index in [4.69, 9.17) is 4.74 Å². The van der Waals surface area contributed by atoms with E-state index in [0.717, 1.165) is 42.6 Å². The molecule has 2 aromatic rings. The van der Waals surface area contributed by atoms with Gasteiger partial charge >= 0.3 is 0 Å². The number of aliphatic hydroxyl groups excluding tert-OH is 1. The molecule has 3 N–H and O–H groups in total. The maximum Gasteiger partial charge on any atom is 0.123 e. The van der Waals surface area contributed by atoms with E-state index >= 15 is 0 Å². The van der Waals surface area contributed by atoms with Crippen LogP contribution in [-0.2, 0) is 23.8 Å². The summed E-state index contributed by atoms with van der Waals surface area (Å²) in [7, 11) is 1.75. The molecule has 0 spiro atoms. The summed E-state index contributed by atoms with van der Waals surface area (Å²) >= 11 is 0. The van der Waals surface area contributed by atoms with Gasteiger partial charge in [0, 0.05) is 18.2 Å². The van der Waals surface area contributed by atoms with E-state index in [9.17, 15) is 10.2 Å². The third kappa shape index (κ3) is 4.66. The summed E-state index contributed by atoms with van der Waals surface area (Å²) in [4.78, 5) is 0. The van der Waals surface area contributed by atoms with Crippen LogP contribution in [0, 0.1) is 17.3 Å². The van der Waals surface area contributed by atoms with Crippen LogP contribution in [0.4, 0.5) is 0 Å². The molecule has 0 amide bonds. The highest BCUT2D eigenvalue weighted by Crippen LogP contribution is 2.61. The summed E-state index contributed by atoms with van der Waals surface area (Å²) < 4.78 is 5.49. The Morgan fingerprint density at radius 2 is 1.76 bits per heavy atom. The van der Waals surface area contributed by atoms with Gasteiger partial charge in [-0.05, 0) is 100 Å². The first-order valence-electron chi connectivity index (χ1n) is 14.7. The number of aryl methyl sites for hydroxylation is 1. The van der Waals surface area contributed by atoms with Crippen molar-refractivity contribution < 1.29 is 14.9 Å². The van der Waals surface area contributed by atoms with E-state index in [2.05, 4.69) is 84.1 Å². The van der Waals surface area contributed by atoms with E-state index in [-0.39, 0.29) is 28.4 Å². The Morgan fingerprint density at radius 1 is 1.03 bits per heavy atom. The van der Waals surface area contributed by atoms with Gasteiger partial charge in [0.05, 0.1) is 13.2 Å². The van der Waals surface area contributed by atoms with Gasteiger partial charge in [0.15, 0.2) is 0 Å². The first kappa shape index (κ1) is 27.5. The number of aliphatic hydroxyl groups is 1. The number of rotatable bonds is 4. The summed E-state index contributed by atoms with van der Waals surface area (Å²) in [5.74, 6) is 3.05. The number of fused-ring (bicyclic) bond motifs is 5. The van der Waals surface area contributed by atoms with E-state index < -0.39 is 0 Å². The van der Waals surface area contributed by atoms with Gasteiger partial charge < -0.3 is 20.3 Å². The van der Waals surface area contributed by atoms with Crippen molar-refractivity contribution in [2.24, 2.45) is 17.3 Å². The Labute approximate surface area is 230 Å². The molecule has 2 saturated carbocycles. The number of aromatic hydroxyl groups is 1. The predicted octanol–water partition coefficient (Wildman–Crippen LogP) is 6.98. The van der Waals surface area contributed by atoms with Gasteiger partial charge in [0.25, 0.3) is 0 Å². The molecule has 0 bridgehead atoms. The van der Waals surface area contributed by atoms with Gasteiger partial charge in [-0.25, -0.2) is 0 Å². The zero-order valence-corrected chi connectivity index (χ0v) is 24.8. The van der Waals surface area contributed by atoms with Crippen LogP contribution in [0.2, 0.25) is 0 Å². The molecule has 0 aromatic heterocycles. The molecule has 2 fully saturated rings. The molecule has 6 atom stereocenters. The smallest absolute Gasteiger partial charge is 0.123 e. The minimum absolute atomic E-state index is 0.00591. The zero-order valence-electron chi connectivity index (χ0n) is 24.8. The van der Waals surface area contributed by atoms with Crippen molar-refractivity contribution in [3.63, 3.8) is 0 Å². The van der Waals surface area contributed by atoms with Crippen LogP contribution in [0.15, 0.2) is 30.3 Å². The van der Waals surface area contributed by atoms with Gasteiger partial charge in [-0.3, -0.25) is 0 Å². The number of hydrogen-bond acceptors (Lipinski definition) is 4. The molecule has 4 nitrogen and oxygen atoms in total. The van der Waals surface area contributed by atoms with Crippen LogP contribution < -0.4 is 10.1 Å². The highest BCUT2D eigenvalue weighted by Gasteiger charge is 2.57. The van der Waals surface area contributed by atoms with E-state index in [1.807, 2.05) is 0 Å². The highest BCUT2D eigenvalue weighted by molar-refractivity contribution is 5.49. The third-order valence-corrected chi connectivity index (χ3v) is 10.4.